The van der Waals surface area contributed by atoms with Crippen LogP contribution in [0.3, 0.4) is 0 Å². The Labute approximate surface area is 125 Å². The molecule has 0 saturated heterocycles. The van der Waals surface area contributed by atoms with Gasteiger partial charge in [-0.1, -0.05) is 0 Å². The molecule has 10 heteroatoms. The smallest absolute Gasteiger partial charge is 0.357 e. The molecule has 0 aliphatic carbocycles. The fraction of sp³-hybridized carbons (Fsp3) is 0.364. The second-order valence-electron chi connectivity index (χ2n) is 4.44. The maximum atomic E-state index is 12.5. The number of rotatable bonds is 5. The van der Waals surface area contributed by atoms with Crippen molar-refractivity contribution >= 4 is 27.3 Å². The van der Waals surface area contributed by atoms with E-state index in [2.05, 4.69) is 15.2 Å². The van der Waals surface area contributed by atoms with Gasteiger partial charge in [-0.15, -0.1) is 11.3 Å². The van der Waals surface area contributed by atoms with E-state index in [0.717, 1.165) is 14.2 Å². The van der Waals surface area contributed by atoms with Crippen LogP contribution >= 0.6 is 11.3 Å². The van der Waals surface area contributed by atoms with Gasteiger partial charge in [0.1, 0.15) is 4.90 Å². The van der Waals surface area contributed by atoms with E-state index in [0.29, 0.717) is 0 Å². The highest BCUT2D eigenvalue weighted by Crippen LogP contribution is 2.24. The van der Waals surface area contributed by atoms with E-state index < -0.39 is 21.7 Å². The van der Waals surface area contributed by atoms with Crippen LogP contribution in [0.25, 0.3) is 0 Å². The summed E-state index contributed by atoms with van der Waals surface area (Å²) in [5.74, 6) is -1.39. The van der Waals surface area contributed by atoms with Crippen LogP contribution in [0.2, 0.25) is 0 Å². The summed E-state index contributed by atoms with van der Waals surface area (Å²) in [6.45, 7) is 3.42. The monoisotopic (exact) mass is 330 g/mol. The fourth-order valence-electron chi connectivity index (χ4n) is 1.82. The Morgan fingerprint density at radius 1 is 1.48 bits per heavy atom. The topological polar surface area (TPSA) is 116 Å². The molecule has 0 bridgehead atoms. The van der Waals surface area contributed by atoms with Gasteiger partial charge < -0.3 is 5.11 Å². The molecule has 2 aromatic heterocycles. The molecule has 2 heterocycles. The molecule has 0 fully saturated rings. The number of aromatic carboxylic acids is 1. The summed E-state index contributed by atoms with van der Waals surface area (Å²) in [4.78, 5) is 15.6. The summed E-state index contributed by atoms with van der Waals surface area (Å²) in [7, 11) is -2.56. The molecule has 21 heavy (non-hydrogen) atoms. The van der Waals surface area contributed by atoms with E-state index in [4.69, 9.17) is 5.11 Å². The molecule has 0 aliphatic heterocycles. The van der Waals surface area contributed by atoms with Crippen molar-refractivity contribution in [1.82, 2.24) is 19.5 Å². The van der Waals surface area contributed by atoms with E-state index >= 15 is 0 Å². The van der Waals surface area contributed by atoms with Gasteiger partial charge in [0.2, 0.25) is 10.0 Å². The summed E-state index contributed by atoms with van der Waals surface area (Å²) in [5.41, 5.74) is -0.306. The van der Waals surface area contributed by atoms with Crippen LogP contribution in [0.1, 0.15) is 26.1 Å². The third-order valence-electron chi connectivity index (χ3n) is 2.81. The molecule has 0 saturated carbocycles. The first-order valence-corrected chi connectivity index (χ1v) is 8.15. The Morgan fingerprint density at radius 3 is 2.67 bits per heavy atom. The molecule has 114 valence electrons. The van der Waals surface area contributed by atoms with Crippen molar-refractivity contribution in [3.05, 3.63) is 27.5 Å². The number of nitrogens with one attached hydrogen (secondary N) is 1. The lowest BCUT2D eigenvalue weighted by atomic mass is 10.4. The first-order valence-electron chi connectivity index (χ1n) is 5.89. The molecular weight excluding hydrogens is 316 g/mol. The van der Waals surface area contributed by atoms with Gasteiger partial charge in [0.25, 0.3) is 0 Å². The van der Waals surface area contributed by atoms with Crippen molar-refractivity contribution < 1.29 is 18.3 Å². The lowest BCUT2D eigenvalue weighted by Gasteiger charge is -2.16. The summed E-state index contributed by atoms with van der Waals surface area (Å²) >= 11 is 1.39. The molecule has 0 spiro atoms. The zero-order valence-electron chi connectivity index (χ0n) is 11.6. The number of carboxylic acid groups (broad SMARTS) is 1. The minimum Gasteiger partial charge on any atom is -0.476 e. The van der Waals surface area contributed by atoms with Crippen LogP contribution in [0.5, 0.6) is 0 Å². The van der Waals surface area contributed by atoms with Crippen molar-refractivity contribution in [2.75, 3.05) is 7.05 Å². The predicted molar refractivity (Wildman–Crippen MR) is 75.8 cm³/mol. The number of H-pyrrole nitrogens is 1. The molecule has 0 aromatic carbocycles. The number of aromatic amines is 1. The van der Waals surface area contributed by atoms with Crippen molar-refractivity contribution in [3.63, 3.8) is 0 Å². The Balaban J connectivity index is 2.37. The molecule has 0 unspecified atom stereocenters. The van der Waals surface area contributed by atoms with Crippen molar-refractivity contribution in [2.45, 2.75) is 25.3 Å². The minimum absolute atomic E-state index is 0.123. The van der Waals surface area contributed by atoms with Gasteiger partial charge in [-0.2, -0.15) is 9.40 Å². The van der Waals surface area contributed by atoms with Crippen molar-refractivity contribution in [1.29, 1.82) is 0 Å². The van der Waals surface area contributed by atoms with Crippen LogP contribution in [0.4, 0.5) is 0 Å². The van der Waals surface area contributed by atoms with Gasteiger partial charge in [-0.25, -0.2) is 18.2 Å². The maximum Gasteiger partial charge on any atom is 0.357 e. The number of carbonyl (C=O) groups is 1. The number of nitrogens with zero attached hydrogens (tertiary/aromatic N) is 3. The zero-order valence-corrected chi connectivity index (χ0v) is 13.2. The Hall–Kier alpha value is -1.78. The third kappa shape index (κ3) is 2.96. The van der Waals surface area contributed by atoms with Crippen molar-refractivity contribution in [2.24, 2.45) is 0 Å². The lowest BCUT2D eigenvalue weighted by molar-refractivity contribution is 0.0686. The molecule has 0 atom stereocenters. The highest BCUT2D eigenvalue weighted by Gasteiger charge is 2.31. The van der Waals surface area contributed by atoms with Crippen LogP contribution in [0.15, 0.2) is 11.1 Å². The summed E-state index contributed by atoms with van der Waals surface area (Å²) in [5, 5.41) is 15.8. The lowest BCUT2D eigenvalue weighted by Crippen LogP contribution is -2.27. The van der Waals surface area contributed by atoms with E-state index in [-0.39, 0.29) is 17.1 Å². The summed E-state index contributed by atoms with van der Waals surface area (Å²) in [6, 6.07) is 0. The predicted octanol–water partition coefficient (Wildman–Crippen LogP) is 1.00. The SMILES string of the molecule is Cc1ncc(CN(C)S(=O)(=O)c2c(C(=O)O)n[nH]c2C)s1. The van der Waals surface area contributed by atoms with Gasteiger partial charge in [-0.05, 0) is 13.8 Å². The number of hydrogen-bond donors (Lipinski definition) is 2. The van der Waals surface area contributed by atoms with E-state index in [1.807, 2.05) is 6.92 Å². The Kier molecular flexibility index (Phi) is 4.12. The third-order valence-corrected chi connectivity index (χ3v) is 5.67. The van der Waals surface area contributed by atoms with E-state index in [1.54, 1.807) is 6.20 Å². The van der Waals surface area contributed by atoms with Crippen LogP contribution < -0.4 is 0 Å². The van der Waals surface area contributed by atoms with Gasteiger partial charge >= 0.3 is 5.97 Å². The number of carboxylic acids is 1. The highest BCUT2D eigenvalue weighted by molar-refractivity contribution is 7.89. The second-order valence-corrected chi connectivity index (χ2v) is 7.74. The molecule has 2 rings (SSSR count). The molecular formula is C11H14N4O4S2. The standard InChI is InChI=1S/C11H14N4O4S2/c1-6-10(9(11(16)17)14-13-6)21(18,19)15(3)5-8-4-12-7(2)20-8/h4H,5H2,1-3H3,(H,13,14)(H,16,17). The van der Waals surface area contributed by atoms with Crippen LogP contribution in [-0.4, -0.2) is 46.0 Å². The molecule has 2 aromatic rings. The molecule has 8 nitrogen and oxygen atoms in total. The molecule has 0 radical (unpaired) electrons. The molecule has 0 aliphatic rings. The van der Waals surface area contributed by atoms with Crippen LogP contribution in [-0.2, 0) is 16.6 Å². The van der Waals surface area contributed by atoms with Gasteiger partial charge in [0.05, 0.1) is 10.7 Å². The number of hydrogen-bond acceptors (Lipinski definition) is 6. The maximum absolute atomic E-state index is 12.5. The largest absolute Gasteiger partial charge is 0.476 e. The van der Waals surface area contributed by atoms with Gasteiger partial charge in [0.15, 0.2) is 5.69 Å². The number of aryl methyl sites for hydroxylation is 2. The summed E-state index contributed by atoms with van der Waals surface area (Å²) in [6.07, 6.45) is 1.60. The van der Waals surface area contributed by atoms with Gasteiger partial charge in [0, 0.05) is 24.7 Å². The number of sulfonamides is 1. The second kappa shape index (κ2) is 5.54. The Bertz CT molecular complexity index is 778. The minimum atomic E-state index is -3.95. The van der Waals surface area contributed by atoms with Crippen molar-refractivity contribution in [3.8, 4) is 0 Å². The zero-order chi connectivity index (χ0) is 15.8. The number of thiazole rings is 1. The van der Waals surface area contributed by atoms with E-state index in [1.165, 1.54) is 25.3 Å². The first-order chi connectivity index (χ1) is 9.73. The first kappa shape index (κ1) is 15.6. The molecule has 0 amide bonds. The fourth-order valence-corrected chi connectivity index (χ4v) is 4.18. The van der Waals surface area contributed by atoms with E-state index in [9.17, 15) is 13.2 Å². The normalized spacial score (nSPS) is 12.0. The number of aromatic nitrogens is 3. The van der Waals surface area contributed by atoms with Gasteiger partial charge in [-0.3, -0.25) is 5.10 Å². The highest BCUT2D eigenvalue weighted by atomic mass is 32.2. The quantitative estimate of drug-likeness (QED) is 0.845. The summed E-state index contributed by atoms with van der Waals surface area (Å²) < 4.78 is 26.2. The Morgan fingerprint density at radius 2 is 2.14 bits per heavy atom. The van der Waals surface area contributed by atoms with Crippen LogP contribution in [0, 0.1) is 13.8 Å². The molecule has 2 N–H and O–H groups in total. The average Bonchev–Trinajstić information content (AvgIpc) is 2.95. The average molecular weight is 330 g/mol.